The van der Waals surface area contributed by atoms with Crippen LogP contribution in [-0.2, 0) is 17.9 Å². The third-order valence-electron chi connectivity index (χ3n) is 4.98. The van der Waals surface area contributed by atoms with Crippen LogP contribution in [0, 0.1) is 10.1 Å². The van der Waals surface area contributed by atoms with Gasteiger partial charge in [0.2, 0.25) is 5.91 Å². The van der Waals surface area contributed by atoms with E-state index in [-0.39, 0.29) is 23.9 Å². The minimum absolute atomic E-state index is 0.0579. The lowest BCUT2D eigenvalue weighted by Crippen LogP contribution is -2.19. The van der Waals surface area contributed by atoms with Crippen LogP contribution in [0.25, 0.3) is 6.08 Å². The van der Waals surface area contributed by atoms with Crippen LogP contribution in [0.2, 0.25) is 5.02 Å². The van der Waals surface area contributed by atoms with E-state index in [1.54, 1.807) is 36.5 Å². The molecule has 2 aromatic carbocycles. The molecule has 0 saturated heterocycles. The summed E-state index contributed by atoms with van der Waals surface area (Å²) in [6, 6.07) is 16.0. The number of anilines is 1. The Balaban J connectivity index is 1.35. The smallest absolute Gasteiger partial charge is 0.269 e. The SMILES string of the molecule is O=C(Cn1cc(Cn2cccc2/C=C/C(=O)c2ccc(Cl)cc2)nn1)Nc1ccc([N+](=O)[O-])cc1. The Kier molecular flexibility index (Phi) is 7.12. The van der Waals surface area contributed by atoms with Crippen molar-refractivity contribution < 1.29 is 14.5 Å². The summed E-state index contributed by atoms with van der Waals surface area (Å²) in [7, 11) is 0. The predicted octanol–water partition coefficient (Wildman–Crippen LogP) is 4.22. The Hall–Kier alpha value is -4.57. The van der Waals surface area contributed by atoms with Gasteiger partial charge in [-0.1, -0.05) is 16.8 Å². The number of nitro groups is 1. The van der Waals surface area contributed by atoms with Gasteiger partial charge in [0.15, 0.2) is 5.78 Å². The van der Waals surface area contributed by atoms with Crippen molar-refractivity contribution in [2.24, 2.45) is 0 Å². The zero-order valence-electron chi connectivity index (χ0n) is 18.2. The van der Waals surface area contributed by atoms with Crippen molar-refractivity contribution in [2.45, 2.75) is 13.1 Å². The van der Waals surface area contributed by atoms with Crippen molar-refractivity contribution in [3.8, 4) is 0 Å². The molecule has 11 heteroatoms. The first kappa shape index (κ1) is 23.6. The number of ketones is 1. The maximum atomic E-state index is 12.4. The van der Waals surface area contributed by atoms with Crippen LogP contribution in [0.4, 0.5) is 11.4 Å². The summed E-state index contributed by atoms with van der Waals surface area (Å²) in [4.78, 5) is 34.9. The molecule has 0 atom stereocenters. The van der Waals surface area contributed by atoms with Gasteiger partial charge >= 0.3 is 0 Å². The number of hydrogen-bond acceptors (Lipinski definition) is 6. The number of benzene rings is 2. The average molecular weight is 491 g/mol. The van der Waals surface area contributed by atoms with E-state index in [0.717, 1.165) is 5.69 Å². The summed E-state index contributed by atoms with van der Waals surface area (Å²) in [6.07, 6.45) is 6.72. The Bertz CT molecular complexity index is 1390. The second kappa shape index (κ2) is 10.6. The zero-order valence-corrected chi connectivity index (χ0v) is 19.0. The molecule has 176 valence electrons. The monoisotopic (exact) mass is 490 g/mol. The summed E-state index contributed by atoms with van der Waals surface area (Å²) in [5, 5.41) is 22.0. The fourth-order valence-corrected chi connectivity index (χ4v) is 3.40. The number of carbonyl (C=O) groups excluding carboxylic acids is 2. The summed E-state index contributed by atoms with van der Waals surface area (Å²) in [6.45, 7) is 0.323. The van der Waals surface area contributed by atoms with E-state index in [1.165, 1.54) is 35.0 Å². The molecule has 2 heterocycles. The van der Waals surface area contributed by atoms with E-state index in [1.807, 2.05) is 22.9 Å². The summed E-state index contributed by atoms with van der Waals surface area (Å²) in [5.74, 6) is -0.486. The number of allylic oxidation sites excluding steroid dienone is 1. The summed E-state index contributed by atoms with van der Waals surface area (Å²) < 4.78 is 3.30. The van der Waals surface area contributed by atoms with Gasteiger partial charge in [0.05, 0.1) is 17.7 Å². The molecule has 0 bridgehead atoms. The van der Waals surface area contributed by atoms with Crippen molar-refractivity contribution in [3.63, 3.8) is 0 Å². The molecule has 0 aliphatic rings. The lowest BCUT2D eigenvalue weighted by molar-refractivity contribution is -0.384. The number of amides is 1. The van der Waals surface area contributed by atoms with Crippen molar-refractivity contribution in [1.82, 2.24) is 19.6 Å². The highest BCUT2D eigenvalue weighted by atomic mass is 35.5. The summed E-state index contributed by atoms with van der Waals surface area (Å²) >= 11 is 5.86. The number of halogens is 1. The lowest BCUT2D eigenvalue weighted by Gasteiger charge is -2.05. The molecular weight excluding hydrogens is 472 g/mol. The van der Waals surface area contributed by atoms with Gasteiger partial charge < -0.3 is 9.88 Å². The highest BCUT2D eigenvalue weighted by molar-refractivity contribution is 6.30. The zero-order chi connectivity index (χ0) is 24.8. The minimum Gasteiger partial charge on any atom is -0.342 e. The molecule has 0 unspecified atom stereocenters. The van der Waals surface area contributed by atoms with Gasteiger partial charge in [-0.3, -0.25) is 19.7 Å². The highest BCUT2D eigenvalue weighted by Gasteiger charge is 2.10. The van der Waals surface area contributed by atoms with Gasteiger partial charge in [0.1, 0.15) is 12.2 Å². The Labute approximate surface area is 204 Å². The number of aromatic nitrogens is 4. The Morgan fingerprint density at radius 1 is 1.09 bits per heavy atom. The number of carbonyl (C=O) groups is 2. The normalized spacial score (nSPS) is 11.0. The molecule has 0 aliphatic carbocycles. The molecule has 35 heavy (non-hydrogen) atoms. The number of rotatable bonds is 9. The first-order valence-corrected chi connectivity index (χ1v) is 10.8. The highest BCUT2D eigenvalue weighted by Crippen LogP contribution is 2.16. The van der Waals surface area contributed by atoms with E-state index in [2.05, 4.69) is 15.6 Å². The first-order chi connectivity index (χ1) is 16.9. The summed E-state index contributed by atoms with van der Waals surface area (Å²) in [5.41, 5.74) is 2.36. The number of nitrogens with one attached hydrogen (secondary N) is 1. The number of nitrogens with zero attached hydrogens (tertiary/aromatic N) is 5. The second-order valence-electron chi connectivity index (χ2n) is 7.53. The van der Waals surface area contributed by atoms with Crippen LogP contribution >= 0.6 is 11.6 Å². The molecule has 0 saturated carbocycles. The second-order valence-corrected chi connectivity index (χ2v) is 7.96. The molecule has 1 amide bonds. The predicted molar refractivity (Wildman–Crippen MR) is 130 cm³/mol. The van der Waals surface area contributed by atoms with Crippen LogP contribution in [0.5, 0.6) is 0 Å². The van der Waals surface area contributed by atoms with Crippen LogP contribution in [0.3, 0.4) is 0 Å². The van der Waals surface area contributed by atoms with Gasteiger partial charge in [0.25, 0.3) is 5.69 Å². The van der Waals surface area contributed by atoms with Gasteiger partial charge in [-0.2, -0.15) is 0 Å². The maximum absolute atomic E-state index is 12.4. The van der Waals surface area contributed by atoms with Crippen LogP contribution < -0.4 is 5.32 Å². The third kappa shape index (κ3) is 6.27. The van der Waals surface area contributed by atoms with E-state index in [9.17, 15) is 19.7 Å². The van der Waals surface area contributed by atoms with Gasteiger partial charge in [-0.15, -0.1) is 5.10 Å². The topological polar surface area (TPSA) is 125 Å². The lowest BCUT2D eigenvalue weighted by atomic mass is 10.1. The Morgan fingerprint density at radius 2 is 1.83 bits per heavy atom. The molecule has 4 aromatic rings. The molecule has 4 rings (SSSR count). The largest absolute Gasteiger partial charge is 0.342 e. The van der Waals surface area contributed by atoms with Crippen LogP contribution in [-0.4, -0.2) is 36.2 Å². The quantitative estimate of drug-likeness (QED) is 0.162. The molecular formula is C24H19ClN6O4. The van der Waals surface area contributed by atoms with E-state index in [4.69, 9.17) is 11.6 Å². The fourth-order valence-electron chi connectivity index (χ4n) is 3.27. The molecule has 2 aromatic heterocycles. The molecule has 0 fully saturated rings. The Morgan fingerprint density at radius 3 is 2.54 bits per heavy atom. The van der Waals surface area contributed by atoms with Crippen LogP contribution in [0.1, 0.15) is 21.7 Å². The number of non-ortho nitro benzene ring substituents is 1. The standard InChI is InChI=1S/C24H19ClN6O4/c25-18-5-3-17(4-6-18)23(32)12-11-21-2-1-13-29(21)14-20-15-30(28-27-20)16-24(33)26-19-7-9-22(10-8-19)31(34)35/h1-13,15H,14,16H2,(H,26,33)/b12-11+. The van der Waals surface area contributed by atoms with E-state index in [0.29, 0.717) is 28.5 Å². The van der Waals surface area contributed by atoms with Crippen molar-refractivity contribution in [1.29, 1.82) is 0 Å². The maximum Gasteiger partial charge on any atom is 0.269 e. The van der Waals surface area contributed by atoms with Gasteiger partial charge in [-0.05, 0) is 60.7 Å². The van der Waals surface area contributed by atoms with Crippen molar-refractivity contribution in [2.75, 3.05) is 5.32 Å². The number of hydrogen-bond donors (Lipinski definition) is 1. The van der Waals surface area contributed by atoms with E-state index < -0.39 is 4.92 Å². The van der Waals surface area contributed by atoms with E-state index >= 15 is 0 Å². The van der Waals surface area contributed by atoms with Crippen molar-refractivity contribution >= 4 is 40.7 Å². The fraction of sp³-hybridized carbons (Fsp3) is 0.0833. The molecule has 0 spiro atoms. The van der Waals surface area contributed by atoms with Crippen LogP contribution in [0.15, 0.2) is 79.1 Å². The van der Waals surface area contributed by atoms with Gasteiger partial charge in [0, 0.05) is 40.3 Å². The molecule has 0 aliphatic heterocycles. The third-order valence-corrected chi connectivity index (χ3v) is 5.24. The molecule has 0 radical (unpaired) electrons. The van der Waals surface area contributed by atoms with Crippen molar-refractivity contribution in [3.05, 3.63) is 111 Å². The number of nitro benzene ring substituents is 1. The molecule has 10 nitrogen and oxygen atoms in total. The average Bonchev–Trinajstić information content (AvgIpc) is 3.47. The minimum atomic E-state index is -0.508. The first-order valence-electron chi connectivity index (χ1n) is 10.4. The van der Waals surface area contributed by atoms with Gasteiger partial charge in [-0.25, -0.2) is 4.68 Å². The molecule has 1 N–H and O–H groups in total.